The van der Waals surface area contributed by atoms with Gasteiger partial charge in [-0.1, -0.05) is 53.8 Å². The number of rotatable bonds is 8. The molecule has 3 aromatic rings. The summed E-state index contributed by atoms with van der Waals surface area (Å²) in [7, 11) is 0. The zero-order valence-electron chi connectivity index (χ0n) is 18.2. The third-order valence-corrected chi connectivity index (χ3v) is 6.77. The molecular formula is C25H20ClNO6S2. The average Bonchev–Trinajstić information content (AvgIpc) is 3.43. The van der Waals surface area contributed by atoms with Crippen LogP contribution in [0.2, 0.25) is 5.02 Å². The summed E-state index contributed by atoms with van der Waals surface area (Å²) in [5.74, 6) is -0.489. The maximum Gasteiger partial charge on any atom is 0.338 e. The van der Waals surface area contributed by atoms with E-state index in [0.29, 0.717) is 31.5 Å². The van der Waals surface area contributed by atoms with Crippen molar-refractivity contribution in [1.29, 1.82) is 0 Å². The van der Waals surface area contributed by atoms with E-state index in [4.69, 9.17) is 43.2 Å². The normalized spacial score (nSPS) is 14.9. The number of hydrogen-bond acceptors (Lipinski definition) is 8. The molecule has 4 rings (SSSR count). The smallest absolute Gasteiger partial charge is 0.338 e. The van der Waals surface area contributed by atoms with Gasteiger partial charge in [-0.05, 0) is 42.5 Å². The second kappa shape index (κ2) is 11.2. The number of anilines is 1. The van der Waals surface area contributed by atoms with Crippen LogP contribution in [0.3, 0.4) is 0 Å². The van der Waals surface area contributed by atoms with Crippen molar-refractivity contribution in [2.45, 2.75) is 0 Å². The van der Waals surface area contributed by atoms with Gasteiger partial charge < -0.3 is 19.4 Å². The molecule has 0 aliphatic carbocycles. The van der Waals surface area contributed by atoms with Gasteiger partial charge in [0.15, 0.2) is 4.32 Å². The van der Waals surface area contributed by atoms with Crippen LogP contribution in [-0.2, 0) is 9.53 Å². The fraction of sp³-hybridized carbons (Fsp3) is 0.160. The van der Waals surface area contributed by atoms with E-state index in [1.165, 1.54) is 11.0 Å². The number of carbonyl (C=O) groups is 2. The van der Waals surface area contributed by atoms with Gasteiger partial charge in [-0.15, -0.1) is 0 Å². The maximum atomic E-state index is 13.1. The van der Waals surface area contributed by atoms with Crippen molar-refractivity contribution in [3.8, 4) is 11.3 Å². The van der Waals surface area contributed by atoms with Crippen molar-refractivity contribution >= 4 is 63.5 Å². The van der Waals surface area contributed by atoms with Crippen LogP contribution in [0.4, 0.5) is 5.69 Å². The van der Waals surface area contributed by atoms with Gasteiger partial charge in [-0.2, -0.15) is 0 Å². The van der Waals surface area contributed by atoms with Crippen molar-refractivity contribution in [2.75, 3.05) is 24.7 Å². The molecule has 0 atom stereocenters. The molecule has 7 nitrogen and oxygen atoms in total. The second-order valence-corrected chi connectivity index (χ2v) is 9.66. The fourth-order valence-corrected chi connectivity index (χ4v) is 4.78. The summed E-state index contributed by atoms with van der Waals surface area (Å²) in [4.78, 5) is 27.3. The molecule has 1 aliphatic rings. The Balaban J connectivity index is 1.52. The van der Waals surface area contributed by atoms with Gasteiger partial charge in [-0.3, -0.25) is 9.69 Å². The molecule has 1 aliphatic heterocycles. The molecule has 0 spiro atoms. The molecule has 1 aromatic heterocycles. The Morgan fingerprint density at radius 2 is 1.91 bits per heavy atom. The van der Waals surface area contributed by atoms with Crippen molar-refractivity contribution in [1.82, 2.24) is 0 Å². The number of carbonyl (C=O) groups excluding carboxylic acids is 2. The Bertz CT molecular complexity index is 1300. The predicted octanol–water partition coefficient (Wildman–Crippen LogP) is 4.76. The summed E-state index contributed by atoms with van der Waals surface area (Å²) in [6.07, 6.45) is 1.61. The number of nitrogens with zero attached hydrogens (tertiary/aromatic N) is 1. The number of thiocarbonyl (C=S) groups is 1. The van der Waals surface area contributed by atoms with Crippen LogP contribution in [0.25, 0.3) is 17.4 Å². The quantitative estimate of drug-likeness (QED) is 0.245. The number of ether oxygens (including phenoxy) is 1. The molecule has 2 heterocycles. The van der Waals surface area contributed by atoms with E-state index in [0.717, 1.165) is 17.3 Å². The van der Waals surface area contributed by atoms with Crippen molar-refractivity contribution in [3.05, 3.63) is 81.9 Å². The Morgan fingerprint density at radius 1 is 1.14 bits per heavy atom. The summed E-state index contributed by atoms with van der Waals surface area (Å²) >= 11 is 12.8. The third kappa shape index (κ3) is 5.66. The number of hydrogen-bond donors (Lipinski definition) is 2. The molecule has 2 aromatic carbocycles. The largest absolute Gasteiger partial charge is 0.462 e. The summed E-state index contributed by atoms with van der Waals surface area (Å²) in [5, 5.41) is 18.8. The van der Waals surface area contributed by atoms with Gasteiger partial charge in [0.25, 0.3) is 5.91 Å². The van der Waals surface area contributed by atoms with Gasteiger partial charge in [0.2, 0.25) is 0 Å². The van der Waals surface area contributed by atoms with Crippen molar-refractivity contribution < 1.29 is 29.0 Å². The van der Waals surface area contributed by atoms with Crippen LogP contribution in [0.5, 0.6) is 0 Å². The van der Waals surface area contributed by atoms with E-state index in [1.54, 1.807) is 42.5 Å². The highest BCUT2D eigenvalue weighted by Crippen LogP contribution is 2.37. The minimum absolute atomic E-state index is 0.126. The monoisotopic (exact) mass is 529 g/mol. The van der Waals surface area contributed by atoms with E-state index < -0.39 is 11.9 Å². The van der Waals surface area contributed by atoms with Crippen LogP contribution in [0.15, 0.2) is 70.0 Å². The first-order valence-electron chi connectivity index (χ1n) is 10.5. The predicted molar refractivity (Wildman–Crippen MR) is 139 cm³/mol. The molecule has 1 fully saturated rings. The number of esters is 1. The van der Waals surface area contributed by atoms with Crippen LogP contribution in [0.1, 0.15) is 16.1 Å². The first-order valence-corrected chi connectivity index (χ1v) is 12.1. The lowest BCUT2D eigenvalue weighted by Crippen LogP contribution is -2.27. The van der Waals surface area contributed by atoms with Crippen molar-refractivity contribution in [2.24, 2.45) is 5.92 Å². The first kappa shape index (κ1) is 25.2. The molecule has 0 unspecified atom stereocenters. The summed E-state index contributed by atoms with van der Waals surface area (Å²) < 4.78 is 11.3. The Labute approximate surface area is 215 Å². The SMILES string of the molecule is O=C(OCC(CO)CO)c1cccc(N2C(=O)/C(=C\c3ccc(-c4ccccc4Cl)o3)SC2=S)c1. The number of amides is 1. The summed E-state index contributed by atoms with van der Waals surface area (Å²) in [6, 6.07) is 17.2. The zero-order valence-corrected chi connectivity index (χ0v) is 20.6. The molecule has 1 amide bonds. The number of halogens is 1. The fourth-order valence-electron chi connectivity index (χ4n) is 3.27. The third-order valence-electron chi connectivity index (χ3n) is 5.14. The Hall–Kier alpha value is -2.95. The number of benzene rings is 2. The van der Waals surface area contributed by atoms with Crippen LogP contribution >= 0.6 is 35.6 Å². The first-order chi connectivity index (χ1) is 16.9. The van der Waals surface area contributed by atoms with Crippen LogP contribution in [0, 0.1) is 5.92 Å². The Morgan fingerprint density at radius 3 is 2.66 bits per heavy atom. The molecule has 35 heavy (non-hydrogen) atoms. The van der Waals surface area contributed by atoms with Gasteiger partial charge in [-0.25, -0.2) is 4.79 Å². The second-order valence-electron chi connectivity index (χ2n) is 7.58. The molecule has 0 saturated carbocycles. The van der Waals surface area contributed by atoms with E-state index in [-0.39, 0.29) is 31.3 Å². The number of thioether (sulfide) groups is 1. The zero-order chi connectivity index (χ0) is 24.9. The van der Waals surface area contributed by atoms with E-state index in [9.17, 15) is 9.59 Å². The molecule has 1 saturated heterocycles. The van der Waals surface area contributed by atoms with Gasteiger partial charge >= 0.3 is 5.97 Å². The highest BCUT2D eigenvalue weighted by Gasteiger charge is 2.34. The minimum Gasteiger partial charge on any atom is -0.462 e. The van der Waals surface area contributed by atoms with Gasteiger partial charge in [0.1, 0.15) is 11.5 Å². The maximum absolute atomic E-state index is 13.1. The van der Waals surface area contributed by atoms with Gasteiger partial charge in [0, 0.05) is 17.6 Å². The van der Waals surface area contributed by atoms with E-state index >= 15 is 0 Å². The lowest BCUT2D eigenvalue weighted by atomic mass is 10.1. The number of aliphatic hydroxyl groups excluding tert-OH is 2. The topological polar surface area (TPSA) is 100 Å². The standard InChI is InChI=1S/C25H20ClNO6S2/c26-20-7-2-1-6-19(20)21-9-8-18(33-21)11-22-23(30)27(25(34)35-22)17-5-3-4-16(10-17)24(31)32-14-15(12-28)13-29/h1-11,15,28-29H,12-14H2/b22-11+. The molecule has 2 N–H and O–H groups in total. The lowest BCUT2D eigenvalue weighted by molar-refractivity contribution is -0.113. The highest BCUT2D eigenvalue weighted by atomic mass is 35.5. The summed E-state index contributed by atoms with van der Waals surface area (Å²) in [5.41, 5.74) is 1.38. The van der Waals surface area contributed by atoms with Crippen LogP contribution < -0.4 is 4.90 Å². The minimum atomic E-state index is -0.637. The number of furan rings is 1. The van der Waals surface area contributed by atoms with E-state index in [1.807, 2.05) is 18.2 Å². The summed E-state index contributed by atoms with van der Waals surface area (Å²) in [6.45, 7) is -0.732. The van der Waals surface area contributed by atoms with Gasteiger partial charge in [0.05, 0.1) is 41.0 Å². The molecule has 10 heteroatoms. The molecule has 0 bridgehead atoms. The lowest BCUT2D eigenvalue weighted by Gasteiger charge is -2.16. The van der Waals surface area contributed by atoms with Crippen molar-refractivity contribution in [3.63, 3.8) is 0 Å². The molecule has 180 valence electrons. The number of aliphatic hydroxyl groups is 2. The molecule has 0 radical (unpaired) electrons. The van der Waals surface area contributed by atoms with E-state index in [2.05, 4.69) is 0 Å². The highest BCUT2D eigenvalue weighted by molar-refractivity contribution is 8.27. The van der Waals surface area contributed by atoms with Crippen LogP contribution in [-0.4, -0.2) is 46.2 Å². The molecular weight excluding hydrogens is 510 g/mol. The average molecular weight is 530 g/mol. The Kier molecular flexibility index (Phi) is 8.04.